The lowest BCUT2D eigenvalue weighted by molar-refractivity contribution is -0.146. The molecule has 0 aliphatic heterocycles. The first-order chi connectivity index (χ1) is 10.3. The van der Waals surface area contributed by atoms with E-state index in [2.05, 4.69) is 27.9 Å². The summed E-state index contributed by atoms with van der Waals surface area (Å²) in [5.41, 5.74) is 2.14. The van der Waals surface area contributed by atoms with E-state index in [9.17, 15) is 4.79 Å². The Morgan fingerprint density at radius 3 is 2.57 bits per heavy atom. The Morgan fingerprint density at radius 2 is 1.90 bits per heavy atom. The van der Waals surface area contributed by atoms with Gasteiger partial charge in [-0.15, -0.1) is 0 Å². The Labute approximate surface area is 124 Å². The van der Waals surface area contributed by atoms with Gasteiger partial charge in [0.25, 0.3) is 0 Å². The van der Waals surface area contributed by atoms with E-state index >= 15 is 0 Å². The Bertz CT molecular complexity index is 598. The van der Waals surface area contributed by atoms with Gasteiger partial charge in [-0.05, 0) is 25.7 Å². The molecule has 1 heterocycles. The summed E-state index contributed by atoms with van der Waals surface area (Å²) in [6.07, 6.45) is 7.82. The molecule has 0 saturated heterocycles. The number of rotatable bonds is 3. The van der Waals surface area contributed by atoms with Gasteiger partial charge >= 0.3 is 5.97 Å². The summed E-state index contributed by atoms with van der Waals surface area (Å²) >= 11 is 0. The summed E-state index contributed by atoms with van der Waals surface area (Å²) in [5, 5.41) is 0. The van der Waals surface area contributed by atoms with Crippen LogP contribution in [0.1, 0.15) is 31.7 Å². The van der Waals surface area contributed by atoms with Crippen LogP contribution in [0.5, 0.6) is 0 Å². The number of esters is 1. The SMILES string of the molecule is COC(=O)[C@H]1CC[C@@H](n2cnc(-c3ccccc3)c2)CC1. The molecule has 1 aromatic carbocycles. The van der Waals surface area contributed by atoms with Gasteiger partial charge < -0.3 is 9.30 Å². The molecule has 0 radical (unpaired) electrons. The van der Waals surface area contributed by atoms with Crippen molar-refractivity contribution in [1.29, 1.82) is 0 Å². The summed E-state index contributed by atoms with van der Waals surface area (Å²) in [4.78, 5) is 16.1. The largest absolute Gasteiger partial charge is 0.469 e. The zero-order valence-corrected chi connectivity index (χ0v) is 12.2. The van der Waals surface area contributed by atoms with Crippen LogP contribution in [0, 0.1) is 5.92 Å². The molecule has 1 saturated carbocycles. The number of carbonyl (C=O) groups excluding carboxylic acids is 1. The van der Waals surface area contributed by atoms with Gasteiger partial charge in [-0.3, -0.25) is 4.79 Å². The second-order valence-electron chi connectivity index (χ2n) is 5.60. The van der Waals surface area contributed by atoms with E-state index in [1.165, 1.54) is 7.11 Å². The number of carbonyl (C=O) groups is 1. The molecule has 3 rings (SSSR count). The molecular weight excluding hydrogens is 264 g/mol. The van der Waals surface area contributed by atoms with Crippen LogP contribution in [0.4, 0.5) is 0 Å². The first kappa shape index (κ1) is 13.9. The molecule has 0 bridgehead atoms. The van der Waals surface area contributed by atoms with Gasteiger partial charge in [-0.25, -0.2) is 4.98 Å². The van der Waals surface area contributed by atoms with Crippen LogP contribution in [-0.2, 0) is 9.53 Å². The molecule has 1 fully saturated rings. The van der Waals surface area contributed by atoms with Crippen molar-refractivity contribution in [3.8, 4) is 11.3 Å². The van der Waals surface area contributed by atoms with Crippen molar-refractivity contribution in [3.63, 3.8) is 0 Å². The van der Waals surface area contributed by atoms with Gasteiger partial charge in [0.05, 0.1) is 25.0 Å². The van der Waals surface area contributed by atoms with Gasteiger partial charge in [0.15, 0.2) is 0 Å². The van der Waals surface area contributed by atoms with E-state index in [1.807, 2.05) is 24.5 Å². The third-order valence-electron chi connectivity index (χ3n) is 4.32. The van der Waals surface area contributed by atoms with Crippen LogP contribution in [0.3, 0.4) is 0 Å². The molecule has 0 atom stereocenters. The Hall–Kier alpha value is -2.10. The summed E-state index contributed by atoms with van der Waals surface area (Å²) in [6, 6.07) is 10.6. The fraction of sp³-hybridized carbons (Fsp3) is 0.412. The molecule has 0 N–H and O–H groups in total. The van der Waals surface area contributed by atoms with E-state index in [-0.39, 0.29) is 11.9 Å². The van der Waals surface area contributed by atoms with Crippen LogP contribution in [0.25, 0.3) is 11.3 Å². The average molecular weight is 284 g/mol. The van der Waals surface area contributed by atoms with Crippen molar-refractivity contribution in [2.75, 3.05) is 7.11 Å². The van der Waals surface area contributed by atoms with Gasteiger partial charge in [0.2, 0.25) is 0 Å². The number of ether oxygens (including phenoxy) is 1. The maximum Gasteiger partial charge on any atom is 0.308 e. The Balaban J connectivity index is 1.67. The second-order valence-corrected chi connectivity index (χ2v) is 5.60. The predicted molar refractivity (Wildman–Crippen MR) is 80.7 cm³/mol. The zero-order chi connectivity index (χ0) is 14.7. The maximum atomic E-state index is 11.6. The van der Waals surface area contributed by atoms with Crippen LogP contribution in [-0.4, -0.2) is 22.6 Å². The first-order valence-corrected chi connectivity index (χ1v) is 7.44. The van der Waals surface area contributed by atoms with Gasteiger partial charge in [0.1, 0.15) is 0 Å². The van der Waals surface area contributed by atoms with Gasteiger partial charge in [-0.1, -0.05) is 30.3 Å². The number of hydrogen-bond donors (Lipinski definition) is 0. The molecule has 1 aromatic heterocycles. The minimum atomic E-state index is -0.0657. The molecule has 2 aromatic rings. The lowest BCUT2D eigenvalue weighted by Crippen LogP contribution is -2.24. The summed E-state index contributed by atoms with van der Waals surface area (Å²) in [6.45, 7) is 0. The fourth-order valence-electron chi connectivity index (χ4n) is 3.07. The smallest absolute Gasteiger partial charge is 0.308 e. The normalized spacial score (nSPS) is 22.0. The number of nitrogens with zero attached hydrogens (tertiary/aromatic N) is 2. The Kier molecular flexibility index (Phi) is 4.04. The predicted octanol–water partition coefficient (Wildman–Crippen LogP) is 3.45. The minimum absolute atomic E-state index is 0.0657. The van der Waals surface area contributed by atoms with Crippen LogP contribution in [0.2, 0.25) is 0 Å². The number of benzene rings is 1. The highest BCUT2D eigenvalue weighted by atomic mass is 16.5. The van der Waals surface area contributed by atoms with Crippen LogP contribution in [0.15, 0.2) is 42.9 Å². The molecule has 110 valence electrons. The average Bonchev–Trinajstić information content (AvgIpc) is 3.05. The minimum Gasteiger partial charge on any atom is -0.469 e. The van der Waals surface area contributed by atoms with Crippen LogP contribution < -0.4 is 0 Å². The topological polar surface area (TPSA) is 44.1 Å². The monoisotopic (exact) mass is 284 g/mol. The van der Waals surface area contributed by atoms with E-state index in [0.29, 0.717) is 6.04 Å². The number of imidazole rings is 1. The fourth-order valence-corrected chi connectivity index (χ4v) is 3.07. The third-order valence-corrected chi connectivity index (χ3v) is 4.32. The number of hydrogen-bond acceptors (Lipinski definition) is 3. The van der Waals surface area contributed by atoms with E-state index in [0.717, 1.165) is 36.9 Å². The highest BCUT2D eigenvalue weighted by Gasteiger charge is 2.27. The van der Waals surface area contributed by atoms with Crippen molar-refractivity contribution >= 4 is 5.97 Å². The zero-order valence-electron chi connectivity index (χ0n) is 12.2. The lowest BCUT2D eigenvalue weighted by Gasteiger charge is -2.27. The summed E-state index contributed by atoms with van der Waals surface area (Å²) in [7, 11) is 1.47. The van der Waals surface area contributed by atoms with Gasteiger partial charge in [-0.2, -0.15) is 0 Å². The number of methoxy groups -OCH3 is 1. The van der Waals surface area contributed by atoms with Crippen molar-refractivity contribution in [1.82, 2.24) is 9.55 Å². The number of aromatic nitrogens is 2. The molecule has 0 amide bonds. The molecule has 1 aliphatic carbocycles. The van der Waals surface area contributed by atoms with E-state index < -0.39 is 0 Å². The lowest BCUT2D eigenvalue weighted by atomic mass is 9.86. The quantitative estimate of drug-likeness (QED) is 0.811. The summed E-state index contributed by atoms with van der Waals surface area (Å²) in [5.74, 6) is 0.00687. The maximum absolute atomic E-state index is 11.6. The van der Waals surface area contributed by atoms with Gasteiger partial charge in [0, 0.05) is 17.8 Å². The molecule has 4 heteroatoms. The molecular formula is C17H20N2O2. The molecule has 0 unspecified atom stereocenters. The highest BCUT2D eigenvalue weighted by molar-refractivity contribution is 5.72. The standard InChI is InChI=1S/C17H20N2O2/c1-21-17(20)14-7-9-15(10-8-14)19-11-16(18-12-19)13-5-3-2-4-6-13/h2-6,11-12,14-15H,7-10H2,1H3/t14-,15+. The Morgan fingerprint density at radius 1 is 1.19 bits per heavy atom. The van der Waals surface area contributed by atoms with Crippen molar-refractivity contribution in [2.45, 2.75) is 31.7 Å². The highest BCUT2D eigenvalue weighted by Crippen LogP contribution is 2.33. The van der Waals surface area contributed by atoms with E-state index in [1.54, 1.807) is 0 Å². The van der Waals surface area contributed by atoms with Crippen molar-refractivity contribution in [3.05, 3.63) is 42.9 Å². The van der Waals surface area contributed by atoms with Crippen molar-refractivity contribution < 1.29 is 9.53 Å². The van der Waals surface area contributed by atoms with E-state index in [4.69, 9.17) is 4.74 Å². The van der Waals surface area contributed by atoms with Crippen molar-refractivity contribution in [2.24, 2.45) is 5.92 Å². The summed E-state index contributed by atoms with van der Waals surface area (Å²) < 4.78 is 7.02. The molecule has 1 aliphatic rings. The van der Waals surface area contributed by atoms with Crippen LogP contribution >= 0.6 is 0 Å². The first-order valence-electron chi connectivity index (χ1n) is 7.44. The molecule has 21 heavy (non-hydrogen) atoms. The third kappa shape index (κ3) is 2.99. The molecule has 4 nitrogen and oxygen atoms in total. The second kappa shape index (κ2) is 6.12. The molecule has 0 spiro atoms.